The summed E-state index contributed by atoms with van der Waals surface area (Å²) in [7, 11) is 0. The molecule has 0 amide bonds. The van der Waals surface area contributed by atoms with Crippen LogP contribution in [0.5, 0.6) is 0 Å². The van der Waals surface area contributed by atoms with E-state index in [2.05, 4.69) is 15.7 Å². The lowest BCUT2D eigenvalue weighted by Gasteiger charge is -2.12. The van der Waals surface area contributed by atoms with E-state index >= 15 is 0 Å². The first-order valence-electron chi connectivity index (χ1n) is 8.49. The monoisotopic (exact) mass is 404 g/mol. The van der Waals surface area contributed by atoms with Crippen molar-refractivity contribution < 1.29 is 5.11 Å². The Morgan fingerprint density at radius 1 is 1.12 bits per heavy atom. The molecular formula is C20H18Cl2N2OS. The molecule has 3 nitrogen and oxygen atoms in total. The van der Waals surface area contributed by atoms with Crippen molar-refractivity contribution in [2.24, 2.45) is 0 Å². The Hall–Kier alpha value is -1.46. The van der Waals surface area contributed by atoms with Gasteiger partial charge in [0.2, 0.25) is 0 Å². The standard InChI is InChI=1S/C20H18Cl2N2OS/c21-16-7-17(22)9-18(8-16)26-20-19(14-1-2-14)15(12-25)11-24(20)10-13-3-5-23-6-4-13/h3-9,11,14,25H,1-2,10,12H2. The van der Waals surface area contributed by atoms with E-state index in [1.165, 1.54) is 24.0 Å². The number of halogens is 2. The molecule has 1 aliphatic carbocycles. The van der Waals surface area contributed by atoms with E-state index in [9.17, 15) is 5.11 Å². The highest BCUT2D eigenvalue weighted by molar-refractivity contribution is 7.99. The van der Waals surface area contributed by atoms with Crippen LogP contribution in [0.2, 0.25) is 10.0 Å². The van der Waals surface area contributed by atoms with Crippen LogP contribution in [-0.2, 0) is 13.2 Å². The molecule has 4 rings (SSSR count). The summed E-state index contributed by atoms with van der Waals surface area (Å²) < 4.78 is 2.22. The highest BCUT2D eigenvalue weighted by atomic mass is 35.5. The van der Waals surface area contributed by atoms with Crippen LogP contribution < -0.4 is 0 Å². The Balaban J connectivity index is 1.75. The average Bonchev–Trinajstić information content (AvgIpc) is 3.39. The van der Waals surface area contributed by atoms with Crippen molar-refractivity contribution in [1.29, 1.82) is 0 Å². The van der Waals surface area contributed by atoms with Gasteiger partial charge in [-0.15, -0.1) is 0 Å². The van der Waals surface area contributed by atoms with Crippen molar-refractivity contribution in [2.45, 2.75) is 41.8 Å². The molecule has 3 aromatic rings. The first kappa shape index (κ1) is 17.9. The lowest BCUT2D eigenvalue weighted by molar-refractivity contribution is 0.280. The molecule has 0 saturated heterocycles. The maximum absolute atomic E-state index is 9.88. The molecule has 2 heterocycles. The smallest absolute Gasteiger partial charge is 0.0838 e. The van der Waals surface area contributed by atoms with E-state index in [0.29, 0.717) is 16.0 Å². The molecule has 0 unspecified atom stereocenters. The van der Waals surface area contributed by atoms with Gasteiger partial charge < -0.3 is 9.67 Å². The zero-order valence-corrected chi connectivity index (χ0v) is 16.4. The lowest BCUT2D eigenvalue weighted by Crippen LogP contribution is -2.00. The quantitative estimate of drug-likeness (QED) is 0.567. The third-order valence-corrected chi connectivity index (χ3v) is 6.01. The Labute approximate surface area is 167 Å². The molecular weight excluding hydrogens is 387 g/mol. The van der Waals surface area contributed by atoms with Gasteiger partial charge in [0, 0.05) is 40.1 Å². The Morgan fingerprint density at radius 2 is 1.81 bits per heavy atom. The zero-order valence-electron chi connectivity index (χ0n) is 14.0. The lowest BCUT2D eigenvalue weighted by atomic mass is 10.1. The summed E-state index contributed by atoms with van der Waals surface area (Å²) in [5.41, 5.74) is 3.45. The van der Waals surface area contributed by atoms with E-state index in [0.717, 1.165) is 22.0 Å². The highest BCUT2D eigenvalue weighted by Crippen LogP contribution is 2.48. The van der Waals surface area contributed by atoms with Crippen molar-refractivity contribution in [3.05, 3.63) is 75.7 Å². The van der Waals surface area contributed by atoms with E-state index in [-0.39, 0.29) is 6.61 Å². The van der Waals surface area contributed by atoms with Crippen molar-refractivity contribution in [1.82, 2.24) is 9.55 Å². The van der Waals surface area contributed by atoms with Crippen LogP contribution in [0.15, 0.2) is 58.8 Å². The molecule has 1 saturated carbocycles. The number of rotatable bonds is 6. The normalized spacial score (nSPS) is 14.0. The fourth-order valence-electron chi connectivity index (χ4n) is 3.16. The van der Waals surface area contributed by atoms with Gasteiger partial charge in [0.05, 0.1) is 11.6 Å². The second kappa shape index (κ2) is 7.65. The predicted octanol–water partition coefficient (Wildman–Crippen LogP) is 5.76. The molecule has 1 aliphatic rings. The molecule has 0 atom stereocenters. The number of hydrogen-bond donors (Lipinski definition) is 1. The van der Waals surface area contributed by atoms with E-state index < -0.39 is 0 Å². The van der Waals surface area contributed by atoms with Crippen molar-refractivity contribution in [3.63, 3.8) is 0 Å². The van der Waals surface area contributed by atoms with Gasteiger partial charge in [-0.05, 0) is 65.8 Å². The first-order chi connectivity index (χ1) is 12.6. The fraction of sp³-hybridized carbons (Fsp3) is 0.250. The molecule has 0 spiro atoms. The summed E-state index contributed by atoms with van der Waals surface area (Å²) in [6, 6.07) is 9.62. The third-order valence-electron chi connectivity index (χ3n) is 4.46. The zero-order chi connectivity index (χ0) is 18.1. The minimum absolute atomic E-state index is 0.0546. The van der Waals surface area contributed by atoms with E-state index in [4.69, 9.17) is 23.2 Å². The molecule has 1 N–H and O–H groups in total. The van der Waals surface area contributed by atoms with Crippen molar-refractivity contribution in [2.75, 3.05) is 0 Å². The third kappa shape index (κ3) is 3.94. The minimum Gasteiger partial charge on any atom is -0.392 e. The molecule has 2 aromatic heterocycles. The predicted molar refractivity (Wildman–Crippen MR) is 106 cm³/mol. The van der Waals surface area contributed by atoms with E-state index in [1.807, 2.05) is 24.3 Å². The van der Waals surface area contributed by atoms with Crippen LogP contribution in [-0.4, -0.2) is 14.7 Å². The highest BCUT2D eigenvalue weighted by Gasteiger charge is 2.31. The Kier molecular flexibility index (Phi) is 5.28. The summed E-state index contributed by atoms with van der Waals surface area (Å²) in [5.74, 6) is 0.535. The Bertz CT molecular complexity index is 903. The van der Waals surface area contributed by atoms with Crippen LogP contribution in [0.25, 0.3) is 0 Å². The van der Waals surface area contributed by atoms with Gasteiger partial charge in [-0.1, -0.05) is 35.0 Å². The van der Waals surface area contributed by atoms with Crippen LogP contribution >= 0.6 is 35.0 Å². The van der Waals surface area contributed by atoms with Gasteiger partial charge in [-0.25, -0.2) is 0 Å². The average molecular weight is 405 g/mol. The summed E-state index contributed by atoms with van der Waals surface area (Å²) in [6.45, 7) is 0.790. The largest absolute Gasteiger partial charge is 0.392 e. The van der Waals surface area contributed by atoms with Crippen LogP contribution in [0.3, 0.4) is 0 Å². The molecule has 134 valence electrons. The van der Waals surface area contributed by atoms with Gasteiger partial charge in [0.25, 0.3) is 0 Å². The van der Waals surface area contributed by atoms with E-state index in [1.54, 1.807) is 30.2 Å². The summed E-state index contributed by atoms with van der Waals surface area (Å²) in [6.07, 6.45) is 8.03. The van der Waals surface area contributed by atoms with Crippen molar-refractivity contribution >= 4 is 35.0 Å². The van der Waals surface area contributed by atoms with Gasteiger partial charge in [0.15, 0.2) is 0 Å². The minimum atomic E-state index is 0.0546. The van der Waals surface area contributed by atoms with Gasteiger partial charge >= 0.3 is 0 Å². The SMILES string of the molecule is OCc1cn(Cc2ccncc2)c(Sc2cc(Cl)cc(Cl)c2)c1C1CC1. The number of aliphatic hydroxyl groups is 1. The van der Waals surface area contributed by atoms with Gasteiger partial charge in [0.1, 0.15) is 0 Å². The van der Waals surface area contributed by atoms with Gasteiger partial charge in [-0.3, -0.25) is 4.98 Å². The molecule has 0 radical (unpaired) electrons. The summed E-state index contributed by atoms with van der Waals surface area (Å²) in [4.78, 5) is 5.09. The number of hydrogen-bond acceptors (Lipinski definition) is 3. The number of benzene rings is 1. The maximum atomic E-state index is 9.88. The van der Waals surface area contributed by atoms with Crippen LogP contribution in [0, 0.1) is 0 Å². The van der Waals surface area contributed by atoms with Crippen molar-refractivity contribution in [3.8, 4) is 0 Å². The fourth-order valence-corrected chi connectivity index (χ4v) is 5.05. The molecule has 0 aliphatic heterocycles. The molecule has 0 bridgehead atoms. The van der Waals surface area contributed by atoms with Gasteiger partial charge in [-0.2, -0.15) is 0 Å². The number of aliphatic hydroxyl groups excluding tert-OH is 1. The number of aromatic nitrogens is 2. The number of nitrogens with zero attached hydrogens (tertiary/aromatic N) is 2. The second-order valence-electron chi connectivity index (χ2n) is 6.50. The molecule has 6 heteroatoms. The first-order valence-corrected chi connectivity index (χ1v) is 10.1. The topological polar surface area (TPSA) is 38.0 Å². The maximum Gasteiger partial charge on any atom is 0.0838 e. The molecule has 26 heavy (non-hydrogen) atoms. The second-order valence-corrected chi connectivity index (χ2v) is 8.43. The Morgan fingerprint density at radius 3 is 2.42 bits per heavy atom. The molecule has 1 fully saturated rings. The van der Waals surface area contributed by atoms with Crippen LogP contribution in [0.4, 0.5) is 0 Å². The summed E-state index contributed by atoms with van der Waals surface area (Å²) >= 11 is 14.0. The summed E-state index contributed by atoms with van der Waals surface area (Å²) in [5, 5.41) is 12.3. The van der Waals surface area contributed by atoms with Crippen LogP contribution in [0.1, 0.15) is 35.4 Å². The molecule has 1 aromatic carbocycles. The number of pyridine rings is 1.